The summed E-state index contributed by atoms with van der Waals surface area (Å²) in [5.74, 6) is -1.63. The number of carbonyl (C=O) groups is 3. The van der Waals surface area contributed by atoms with E-state index in [1.54, 1.807) is 61.5 Å². The van der Waals surface area contributed by atoms with Crippen LogP contribution in [0.3, 0.4) is 0 Å². The number of hydrazine groups is 1. The number of amides is 2. The fourth-order valence-electron chi connectivity index (χ4n) is 1.84. The molecule has 6 nitrogen and oxygen atoms in total. The van der Waals surface area contributed by atoms with Crippen molar-refractivity contribution in [1.29, 1.82) is 0 Å². The molecule has 0 aliphatic rings. The maximum atomic E-state index is 11.9. The summed E-state index contributed by atoms with van der Waals surface area (Å²) in [5.41, 5.74) is 4.84. The maximum Gasteiger partial charge on any atom is 0.319 e. The fraction of sp³-hybridized carbons (Fsp3) is 0.167. The van der Waals surface area contributed by atoms with Gasteiger partial charge in [-0.3, -0.25) is 25.2 Å². The standard InChI is InChI=1S/C18H17ClN2O4S/c1-12(26-15-9-7-14(19)8-10-15)18(24)25-11-16(22)20-21-17(23)13-5-3-2-4-6-13/h2-10,12H,11H2,1H3,(H,20,22)(H,21,23)/t12-/m1/s1. The van der Waals surface area contributed by atoms with E-state index >= 15 is 0 Å². The SMILES string of the molecule is C[C@@H](Sc1ccc(Cl)cc1)C(=O)OCC(=O)NNC(=O)c1ccccc1. The molecule has 0 saturated heterocycles. The normalized spacial score (nSPS) is 11.3. The first-order chi connectivity index (χ1) is 12.5. The summed E-state index contributed by atoms with van der Waals surface area (Å²) in [7, 11) is 0. The summed E-state index contributed by atoms with van der Waals surface area (Å²) in [6.45, 7) is 1.19. The summed E-state index contributed by atoms with van der Waals surface area (Å²) in [6.07, 6.45) is 0. The molecule has 0 fully saturated rings. The van der Waals surface area contributed by atoms with E-state index in [4.69, 9.17) is 16.3 Å². The van der Waals surface area contributed by atoms with E-state index in [1.165, 1.54) is 11.8 Å². The molecule has 1 atom stereocenters. The van der Waals surface area contributed by atoms with Crippen LogP contribution in [-0.2, 0) is 14.3 Å². The lowest BCUT2D eigenvalue weighted by atomic mass is 10.2. The fourth-order valence-corrected chi connectivity index (χ4v) is 2.84. The van der Waals surface area contributed by atoms with Gasteiger partial charge in [0.05, 0.1) is 0 Å². The zero-order chi connectivity index (χ0) is 18.9. The second-order valence-corrected chi connectivity index (χ2v) is 7.04. The van der Waals surface area contributed by atoms with Crippen LogP contribution in [0.25, 0.3) is 0 Å². The molecule has 0 aromatic heterocycles. The Morgan fingerprint density at radius 3 is 2.35 bits per heavy atom. The zero-order valence-corrected chi connectivity index (χ0v) is 15.5. The van der Waals surface area contributed by atoms with Gasteiger partial charge in [0, 0.05) is 15.5 Å². The van der Waals surface area contributed by atoms with Crippen LogP contribution in [0.15, 0.2) is 59.5 Å². The number of benzene rings is 2. The van der Waals surface area contributed by atoms with Gasteiger partial charge in [-0.2, -0.15) is 0 Å². The van der Waals surface area contributed by atoms with Gasteiger partial charge in [-0.15, -0.1) is 11.8 Å². The Bertz CT molecular complexity index is 769. The number of nitrogens with one attached hydrogen (secondary N) is 2. The van der Waals surface area contributed by atoms with Gasteiger partial charge in [-0.05, 0) is 43.3 Å². The minimum atomic E-state index is -0.633. The minimum absolute atomic E-state index is 0.401. The van der Waals surface area contributed by atoms with Crippen molar-refractivity contribution in [3.8, 4) is 0 Å². The molecule has 8 heteroatoms. The van der Waals surface area contributed by atoms with Crippen molar-refractivity contribution in [3.05, 3.63) is 65.2 Å². The number of thioether (sulfide) groups is 1. The number of hydrogen-bond acceptors (Lipinski definition) is 5. The Labute approximate surface area is 160 Å². The number of esters is 1. The van der Waals surface area contributed by atoms with E-state index in [2.05, 4.69) is 10.9 Å². The van der Waals surface area contributed by atoms with E-state index in [9.17, 15) is 14.4 Å². The monoisotopic (exact) mass is 392 g/mol. The van der Waals surface area contributed by atoms with Crippen LogP contribution in [0.1, 0.15) is 17.3 Å². The van der Waals surface area contributed by atoms with Crippen LogP contribution < -0.4 is 10.9 Å². The van der Waals surface area contributed by atoms with Crippen molar-refractivity contribution in [2.75, 3.05) is 6.61 Å². The van der Waals surface area contributed by atoms with Gasteiger partial charge in [0.2, 0.25) is 0 Å². The molecule has 136 valence electrons. The van der Waals surface area contributed by atoms with Crippen LogP contribution in [-0.4, -0.2) is 29.6 Å². The molecule has 0 radical (unpaired) electrons. The third-order valence-electron chi connectivity index (χ3n) is 3.16. The highest BCUT2D eigenvalue weighted by atomic mass is 35.5. The average molecular weight is 393 g/mol. The third kappa shape index (κ3) is 6.42. The molecule has 2 aromatic carbocycles. The van der Waals surface area contributed by atoms with Gasteiger partial charge in [0.15, 0.2) is 6.61 Å². The summed E-state index contributed by atoms with van der Waals surface area (Å²) in [6, 6.07) is 15.4. The molecule has 2 aromatic rings. The summed E-state index contributed by atoms with van der Waals surface area (Å²) in [5, 5.41) is 0.113. The Morgan fingerprint density at radius 2 is 1.69 bits per heavy atom. The number of hydrogen-bond donors (Lipinski definition) is 2. The molecule has 26 heavy (non-hydrogen) atoms. The van der Waals surface area contributed by atoms with Gasteiger partial charge in [0.25, 0.3) is 11.8 Å². The zero-order valence-electron chi connectivity index (χ0n) is 13.9. The molecule has 0 saturated carbocycles. The number of halogens is 1. The maximum absolute atomic E-state index is 11.9. The molecular weight excluding hydrogens is 376 g/mol. The van der Waals surface area contributed by atoms with E-state index in [0.717, 1.165) is 4.90 Å². The molecule has 0 aliphatic heterocycles. The molecular formula is C18H17ClN2O4S. The van der Waals surface area contributed by atoms with Gasteiger partial charge < -0.3 is 4.74 Å². The average Bonchev–Trinajstić information content (AvgIpc) is 2.66. The highest BCUT2D eigenvalue weighted by Crippen LogP contribution is 2.25. The quantitative estimate of drug-likeness (QED) is 0.448. The highest BCUT2D eigenvalue weighted by molar-refractivity contribution is 8.00. The third-order valence-corrected chi connectivity index (χ3v) is 4.50. The summed E-state index contributed by atoms with van der Waals surface area (Å²) >= 11 is 7.10. The smallest absolute Gasteiger partial charge is 0.319 e. The van der Waals surface area contributed by atoms with Gasteiger partial charge in [0.1, 0.15) is 5.25 Å². The lowest BCUT2D eigenvalue weighted by Crippen LogP contribution is -2.43. The Morgan fingerprint density at radius 1 is 1.04 bits per heavy atom. The van der Waals surface area contributed by atoms with Crippen LogP contribution in [0, 0.1) is 0 Å². The Hall–Kier alpha value is -2.51. The van der Waals surface area contributed by atoms with Crippen molar-refractivity contribution >= 4 is 41.1 Å². The van der Waals surface area contributed by atoms with Crippen molar-refractivity contribution in [2.45, 2.75) is 17.1 Å². The van der Waals surface area contributed by atoms with Crippen molar-refractivity contribution in [3.63, 3.8) is 0 Å². The molecule has 2 amide bonds. The van der Waals surface area contributed by atoms with Crippen molar-refractivity contribution in [2.24, 2.45) is 0 Å². The topological polar surface area (TPSA) is 84.5 Å². The Kier molecular flexibility index (Phi) is 7.50. The van der Waals surface area contributed by atoms with Crippen LogP contribution in [0.4, 0.5) is 0 Å². The molecule has 0 bridgehead atoms. The Balaban J connectivity index is 1.71. The van der Waals surface area contributed by atoms with Gasteiger partial charge in [-0.25, -0.2) is 0 Å². The predicted octanol–water partition coefficient (Wildman–Crippen LogP) is 2.83. The first-order valence-corrected chi connectivity index (χ1v) is 8.94. The van der Waals surface area contributed by atoms with Crippen LogP contribution in [0.2, 0.25) is 5.02 Å². The summed E-state index contributed by atoms with van der Waals surface area (Å²) in [4.78, 5) is 36.3. The molecule has 0 aliphatic carbocycles. The van der Waals surface area contributed by atoms with Crippen LogP contribution >= 0.6 is 23.4 Å². The van der Waals surface area contributed by atoms with Crippen LogP contribution in [0.5, 0.6) is 0 Å². The second kappa shape index (κ2) is 9.84. The first-order valence-electron chi connectivity index (χ1n) is 7.69. The van der Waals surface area contributed by atoms with Crippen molar-refractivity contribution < 1.29 is 19.1 Å². The number of ether oxygens (including phenoxy) is 1. The number of rotatable bonds is 6. The molecule has 0 spiro atoms. The molecule has 2 rings (SSSR count). The summed E-state index contributed by atoms with van der Waals surface area (Å²) < 4.78 is 4.95. The highest BCUT2D eigenvalue weighted by Gasteiger charge is 2.17. The second-order valence-electron chi connectivity index (χ2n) is 5.19. The van der Waals surface area contributed by atoms with E-state index in [1.807, 2.05) is 0 Å². The van der Waals surface area contributed by atoms with E-state index < -0.39 is 29.6 Å². The number of carbonyl (C=O) groups excluding carboxylic acids is 3. The largest absolute Gasteiger partial charge is 0.455 e. The van der Waals surface area contributed by atoms with E-state index in [0.29, 0.717) is 10.6 Å². The molecule has 0 heterocycles. The van der Waals surface area contributed by atoms with Crippen molar-refractivity contribution in [1.82, 2.24) is 10.9 Å². The van der Waals surface area contributed by atoms with E-state index in [-0.39, 0.29) is 0 Å². The lowest BCUT2D eigenvalue weighted by molar-refractivity contribution is -0.147. The van der Waals surface area contributed by atoms with Gasteiger partial charge in [-0.1, -0.05) is 29.8 Å². The predicted molar refractivity (Wildman–Crippen MR) is 99.8 cm³/mol. The molecule has 2 N–H and O–H groups in total. The first kappa shape index (κ1) is 19.8. The lowest BCUT2D eigenvalue weighted by Gasteiger charge is -2.12. The van der Waals surface area contributed by atoms with Gasteiger partial charge >= 0.3 is 5.97 Å². The minimum Gasteiger partial charge on any atom is -0.455 e. The molecule has 0 unspecified atom stereocenters.